The van der Waals surface area contributed by atoms with Gasteiger partial charge in [-0.2, -0.15) is 0 Å². The van der Waals surface area contributed by atoms with E-state index in [9.17, 15) is 0 Å². The Hall–Kier alpha value is -3.02. The van der Waals surface area contributed by atoms with Crippen molar-refractivity contribution in [2.24, 2.45) is 0 Å². The zero-order chi connectivity index (χ0) is 14.4. The van der Waals surface area contributed by atoms with Crippen LogP contribution in [-0.2, 0) is 0 Å². The van der Waals surface area contributed by atoms with Crippen molar-refractivity contribution in [1.29, 1.82) is 0 Å². The lowest BCUT2D eigenvalue weighted by molar-refractivity contribution is 0.902. The summed E-state index contributed by atoms with van der Waals surface area (Å²) in [5.41, 5.74) is 11.3. The van der Waals surface area contributed by atoms with Crippen LogP contribution in [0.15, 0.2) is 42.9 Å². The van der Waals surface area contributed by atoms with Crippen LogP contribution in [0.1, 0.15) is 5.69 Å². The molecular formula is C15H12N6. The number of aromatic nitrogens is 5. The van der Waals surface area contributed by atoms with Crippen molar-refractivity contribution in [3.63, 3.8) is 0 Å². The van der Waals surface area contributed by atoms with Gasteiger partial charge in [0.15, 0.2) is 0 Å². The molecular weight excluding hydrogens is 264 g/mol. The lowest BCUT2D eigenvalue weighted by Gasteiger charge is -2.05. The van der Waals surface area contributed by atoms with Gasteiger partial charge < -0.3 is 5.73 Å². The first-order valence-electron chi connectivity index (χ1n) is 6.55. The smallest absolute Gasteiger partial charge is 0.238 e. The lowest BCUT2D eigenvalue weighted by Crippen LogP contribution is -2.02. The Kier molecular flexibility index (Phi) is 2.38. The molecule has 4 rings (SSSR count). The SMILES string of the molecule is Cc1nc(N)nn2ccc(-c3ccc4nccnc4c3)c12. The van der Waals surface area contributed by atoms with E-state index >= 15 is 0 Å². The molecule has 0 atom stereocenters. The first kappa shape index (κ1) is 11.8. The largest absolute Gasteiger partial charge is 0.367 e. The number of nitrogens with two attached hydrogens (primary N) is 1. The summed E-state index contributed by atoms with van der Waals surface area (Å²) < 4.78 is 1.76. The van der Waals surface area contributed by atoms with Crippen LogP contribution in [0.5, 0.6) is 0 Å². The molecule has 0 saturated heterocycles. The van der Waals surface area contributed by atoms with Crippen molar-refractivity contribution in [3.05, 3.63) is 48.5 Å². The molecule has 3 heterocycles. The number of hydrogen-bond donors (Lipinski definition) is 1. The third-order valence-corrected chi connectivity index (χ3v) is 3.48. The number of aryl methyl sites for hydroxylation is 1. The number of benzene rings is 1. The highest BCUT2D eigenvalue weighted by molar-refractivity contribution is 5.88. The van der Waals surface area contributed by atoms with Gasteiger partial charge in [-0.15, -0.1) is 5.10 Å². The topological polar surface area (TPSA) is 82.0 Å². The van der Waals surface area contributed by atoms with Crippen LogP contribution in [-0.4, -0.2) is 24.6 Å². The highest BCUT2D eigenvalue weighted by Gasteiger charge is 2.11. The van der Waals surface area contributed by atoms with Crippen LogP contribution < -0.4 is 5.73 Å². The zero-order valence-electron chi connectivity index (χ0n) is 11.4. The molecule has 4 aromatic rings. The minimum Gasteiger partial charge on any atom is -0.367 e. The summed E-state index contributed by atoms with van der Waals surface area (Å²) in [6.45, 7) is 1.93. The molecule has 1 aromatic carbocycles. The quantitative estimate of drug-likeness (QED) is 0.576. The van der Waals surface area contributed by atoms with Crippen LogP contribution >= 0.6 is 0 Å². The molecule has 6 heteroatoms. The summed E-state index contributed by atoms with van der Waals surface area (Å²) in [4.78, 5) is 12.9. The zero-order valence-corrected chi connectivity index (χ0v) is 11.4. The molecule has 102 valence electrons. The first-order chi connectivity index (χ1) is 10.2. The summed E-state index contributed by atoms with van der Waals surface area (Å²) in [6, 6.07) is 8.03. The number of hydrogen-bond acceptors (Lipinski definition) is 5. The van der Waals surface area contributed by atoms with Gasteiger partial charge in [-0.1, -0.05) is 6.07 Å². The summed E-state index contributed by atoms with van der Waals surface area (Å²) in [7, 11) is 0. The highest BCUT2D eigenvalue weighted by atomic mass is 15.3. The highest BCUT2D eigenvalue weighted by Crippen LogP contribution is 2.28. The number of nitrogen functional groups attached to an aromatic ring is 1. The standard InChI is InChI=1S/C15H12N6/c1-9-14-11(4-7-21(14)20-15(16)19-9)10-2-3-12-13(8-10)18-6-5-17-12/h2-8H,1H3,(H2,16,20). The van der Waals surface area contributed by atoms with Crippen LogP contribution in [0, 0.1) is 6.92 Å². The molecule has 0 aliphatic carbocycles. The Morgan fingerprint density at radius 2 is 1.86 bits per heavy atom. The van der Waals surface area contributed by atoms with Gasteiger partial charge in [0.1, 0.15) is 0 Å². The average Bonchev–Trinajstić information content (AvgIpc) is 2.90. The van der Waals surface area contributed by atoms with Crippen molar-refractivity contribution >= 4 is 22.5 Å². The third-order valence-electron chi connectivity index (χ3n) is 3.48. The summed E-state index contributed by atoms with van der Waals surface area (Å²) in [5.74, 6) is 0.270. The Balaban J connectivity index is 2.00. The van der Waals surface area contributed by atoms with Crippen LogP contribution in [0.3, 0.4) is 0 Å². The number of nitrogens with zero attached hydrogens (tertiary/aromatic N) is 5. The molecule has 0 saturated carbocycles. The molecule has 0 bridgehead atoms. The van der Waals surface area contributed by atoms with E-state index in [1.807, 2.05) is 37.4 Å². The fraction of sp³-hybridized carbons (Fsp3) is 0.0667. The molecule has 0 amide bonds. The predicted octanol–water partition coefficient (Wildman–Crippen LogP) is 2.23. The van der Waals surface area contributed by atoms with Crippen molar-refractivity contribution in [3.8, 4) is 11.1 Å². The summed E-state index contributed by atoms with van der Waals surface area (Å²) in [6.07, 6.45) is 5.27. The minimum absolute atomic E-state index is 0.270. The normalized spacial score (nSPS) is 11.3. The maximum atomic E-state index is 5.69. The fourth-order valence-corrected chi connectivity index (χ4v) is 2.59. The van der Waals surface area contributed by atoms with E-state index in [0.717, 1.165) is 33.4 Å². The molecule has 0 unspecified atom stereocenters. The van der Waals surface area contributed by atoms with E-state index < -0.39 is 0 Å². The van der Waals surface area contributed by atoms with E-state index in [1.165, 1.54) is 0 Å². The van der Waals surface area contributed by atoms with E-state index in [0.29, 0.717) is 0 Å². The molecule has 0 spiro atoms. The van der Waals surface area contributed by atoms with Gasteiger partial charge in [-0.25, -0.2) is 9.50 Å². The number of fused-ring (bicyclic) bond motifs is 2. The minimum atomic E-state index is 0.270. The van der Waals surface area contributed by atoms with E-state index in [2.05, 4.69) is 20.1 Å². The van der Waals surface area contributed by atoms with Gasteiger partial charge in [0.05, 0.1) is 22.2 Å². The van der Waals surface area contributed by atoms with E-state index in [1.54, 1.807) is 16.9 Å². The van der Waals surface area contributed by atoms with Gasteiger partial charge in [0.25, 0.3) is 0 Å². The van der Waals surface area contributed by atoms with Crippen LogP contribution in [0.4, 0.5) is 5.95 Å². The monoisotopic (exact) mass is 276 g/mol. The second-order valence-electron chi connectivity index (χ2n) is 4.84. The van der Waals surface area contributed by atoms with Crippen LogP contribution in [0.2, 0.25) is 0 Å². The van der Waals surface area contributed by atoms with Gasteiger partial charge >= 0.3 is 0 Å². The number of anilines is 1. The molecule has 6 nitrogen and oxygen atoms in total. The van der Waals surface area contributed by atoms with Crippen molar-refractivity contribution < 1.29 is 0 Å². The maximum Gasteiger partial charge on any atom is 0.238 e. The molecule has 0 aliphatic rings. The first-order valence-corrected chi connectivity index (χ1v) is 6.55. The third kappa shape index (κ3) is 1.80. The molecule has 0 fully saturated rings. The van der Waals surface area contributed by atoms with Crippen molar-refractivity contribution in [2.75, 3.05) is 5.73 Å². The van der Waals surface area contributed by atoms with E-state index in [4.69, 9.17) is 5.73 Å². The fourth-order valence-electron chi connectivity index (χ4n) is 2.59. The molecule has 21 heavy (non-hydrogen) atoms. The van der Waals surface area contributed by atoms with Gasteiger partial charge in [-0.05, 0) is 30.7 Å². The van der Waals surface area contributed by atoms with Gasteiger partial charge in [0.2, 0.25) is 5.95 Å². The Bertz CT molecular complexity index is 972. The second-order valence-corrected chi connectivity index (χ2v) is 4.84. The van der Waals surface area contributed by atoms with Gasteiger partial charge in [0, 0.05) is 24.2 Å². The number of rotatable bonds is 1. The van der Waals surface area contributed by atoms with Crippen molar-refractivity contribution in [2.45, 2.75) is 6.92 Å². The van der Waals surface area contributed by atoms with E-state index in [-0.39, 0.29) is 5.95 Å². The second kappa shape index (κ2) is 4.24. The lowest BCUT2D eigenvalue weighted by atomic mass is 10.1. The summed E-state index contributed by atoms with van der Waals surface area (Å²) in [5, 5.41) is 4.20. The summed E-state index contributed by atoms with van der Waals surface area (Å²) >= 11 is 0. The Morgan fingerprint density at radius 3 is 2.71 bits per heavy atom. The maximum absolute atomic E-state index is 5.69. The average molecular weight is 276 g/mol. The van der Waals surface area contributed by atoms with Crippen molar-refractivity contribution in [1.82, 2.24) is 24.6 Å². The van der Waals surface area contributed by atoms with Crippen LogP contribution in [0.25, 0.3) is 27.7 Å². The molecule has 0 radical (unpaired) electrons. The van der Waals surface area contributed by atoms with Gasteiger partial charge in [-0.3, -0.25) is 9.97 Å². The Labute approximate surface area is 120 Å². The molecule has 0 aliphatic heterocycles. The predicted molar refractivity (Wildman–Crippen MR) is 80.7 cm³/mol. The molecule has 3 aromatic heterocycles. The Morgan fingerprint density at radius 1 is 1.05 bits per heavy atom. The molecule has 2 N–H and O–H groups in total.